The second-order valence-corrected chi connectivity index (χ2v) is 6.38. The Hall–Kier alpha value is -0.550. The van der Waals surface area contributed by atoms with Crippen LogP contribution in [0.5, 0.6) is 0 Å². The van der Waals surface area contributed by atoms with Crippen molar-refractivity contribution < 1.29 is 30.0 Å². The summed E-state index contributed by atoms with van der Waals surface area (Å²) in [5.41, 5.74) is -5.59. The number of sulfone groups is 1. The molecule has 2 N–H and O–H groups in total. The number of primary sulfonamides is 1. The van der Waals surface area contributed by atoms with Crippen LogP contribution in [0.15, 0.2) is 34.1 Å². The van der Waals surface area contributed by atoms with Crippen LogP contribution in [0.25, 0.3) is 0 Å². The average molecular weight is 362 g/mol. The van der Waals surface area contributed by atoms with Crippen LogP contribution >= 0.6 is 24.8 Å². The van der Waals surface area contributed by atoms with E-state index in [0.717, 1.165) is 12.1 Å². The Morgan fingerprint density at radius 3 is 1.58 bits per heavy atom. The Bertz CT molecular complexity index is 643. The first-order valence-electron chi connectivity index (χ1n) is 3.91. The van der Waals surface area contributed by atoms with Crippen molar-refractivity contribution in [2.24, 2.45) is 5.14 Å². The zero-order valence-electron chi connectivity index (χ0n) is 8.79. The van der Waals surface area contributed by atoms with Crippen LogP contribution in [0.4, 0.5) is 13.2 Å². The maximum atomic E-state index is 12.3. The van der Waals surface area contributed by atoms with E-state index in [1.54, 1.807) is 0 Å². The monoisotopic (exact) mass is 361 g/mol. The highest BCUT2D eigenvalue weighted by atomic mass is 35.5. The summed E-state index contributed by atoms with van der Waals surface area (Å²) in [6.45, 7) is 0. The molecule has 0 unspecified atom stereocenters. The van der Waals surface area contributed by atoms with Crippen LogP contribution in [-0.4, -0.2) is 22.3 Å². The number of alkyl halides is 3. The predicted molar refractivity (Wildman–Crippen MR) is 65.6 cm³/mol. The first kappa shape index (κ1) is 20.8. The minimum absolute atomic E-state index is 0. The number of benzene rings is 1. The van der Waals surface area contributed by atoms with E-state index < -0.39 is 35.2 Å². The minimum Gasteiger partial charge on any atom is -0.225 e. The van der Waals surface area contributed by atoms with Crippen molar-refractivity contribution >= 4 is 44.7 Å². The van der Waals surface area contributed by atoms with Crippen molar-refractivity contribution in [3.63, 3.8) is 0 Å². The molecule has 0 aromatic heterocycles. The molecular formula is C7H8Cl2F3NO4S2. The standard InChI is InChI=1S/C7H6F3NO4S2.2ClH/c8-7(9,10)16(12,13)5-3-1-2-4-6(5)17(11,14)15;;/h1-4H,(H2,11,14,15);2*1H. The zero-order valence-corrected chi connectivity index (χ0v) is 12.1. The fourth-order valence-corrected chi connectivity index (χ4v) is 3.17. The van der Waals surface area contributed by atoms with E-state index in [1.807, 2.05) is 0 Å². The molecule has 0 amide bonds. The lowest BCUT2D eigenvalue weighted by atomic mass is 10.4. The van der Waals surface area contributed by atoms with E-state index in [9.17, 15) is 30.0 Å². The van der Waals surface area contributed by atoms with Crippen molar-refractivity contribution in [3.05, 3.63) is 24.3 Å². The number of rotatable bonds is 2. The lowest BCUT2D eigenvalue weighted by molar-refractivity contribution is -0.0437. The Morgan fingerprint density at radius 2 is 1.26 bits per heavy atom. The lowest BCUT2D eigenvalue weighted by Crippen LogP contribution is -2.26. The van der Waals surface area contributed by atoms with Gasteiger partial charge in [0.15, 0.2) is 0 Å². The first-order chi connectivity index (χ1) is 7.48. The summed E-state index contributed by atoms with van der Waals surface area (Å²) in [4.78, 5) is -2.47. The Morgan fingerprint density at radius 1 is 0.895 bits per heavy atom. The van der Waals surface area contributed by atoms with Gasteiger partial charge in [0.05, 0.1) is 4.90 Å². The highest BCUT2D eigenvalue weighted by Gasteiger charge is 2.48. The third-order valence-electron chi connectivity index (χ3n) is 1.75. The molecule has 0 atom stereocenters. The molecule has 112 valence electrons. The molecule has 1 rings (SSSR count). The fourth-order valence-electron chi connectivity index (χ4n) is 1.03. The van der Waals surface area contributed by atoms with E-state index in [0.29, 0.717) is 12.1 Å². The van der Waals surface area contributed by atoms with Gasteiger partial charge in [0.25, 0.3) is 9.84 Å². The quantitative estimate of drug-likeness (QED) is 0.862. The van der Waals surface area contributed by atoms with Gasteiger partial charge in [-0.1, -0.05) is 12.1 Å². The van der Waals surface area contributed by atoms with Crippen LogP contribution in [0.2, 0.25) is 0 Å². The summed E-state index contributed by atoms with van der Waals surface area (Å²) in [6.07, 6.45) is 0. The highest BCUT2D eigenvalue weighted by molar-refractivity contribution is 7.94. The lowest BCUT2D eigenvalue weighted by Gasteiger charge is -2.10. The van der Waals surface area contributed by atoms with Crippen LogP contribution in [0.3, 0.4) is 0 Å². The maximum Gasteiger partial charge on any atom is 0.501 e. The van der Waals surface area contributed by atoms with Gasteiger partial charge < -0.3 is 0 Å². The van der Waals surface area contributed by atoms with Gasteiger partial charge in [-0.05, 0) is 12.1 Å². The van der Waals surface area contributed by atoms with Crippen molar-refractivity contribution in [2.45, 2.75) is 15.3 Å². The molecule has 0 saturated carbocycles. The third kappa shape index (κ3) is 4.21. The molecule has 1 aromatic carbocycles. The summed E-state index contributed by atoms with van der Waals surface area (Å²) in [7, 11) is -10.3. The van der Waals surface area contributed by atoms with Crippen LogP contribution in [0.1, 0.15) is 0 Å². The molecule has 19 heavy (non-hydrogen) atoms. The molecule has 0 heterocycles. The van der Waals surface area contributed by atoms with Crippen molar-refractivity contribution in [1.82, 2.24) is 0 Å². The molecule has 5 nitrogen and oxygen atoms in total. The minimum atomic E-state index is -5.75. The van der Waals surface area contributed by atoms with Crippen LogP contribution in [-0.2, 0) is 19.9 Å². The molecule has 0 aliphatic heterocycles. The molecule has 1 aromatic rings. The molecule has 0 bridgehead atoms. The second kappa shape index (κ2) is 6.27. The summed E-state index contributed by atoms with van der Waals surface area (Å²) < 4.78 is 80.9. The van der Waals surface area contributed by atoms with Gasteiger partial charge in [-0.25, -0.2) is 22.0 Å². The van der Waals surface area contributed by atoms with E-state index in [-0.39, 0.29) is 24.8 Å². The summed E-state index contributed by atoms with van der Waals surface area (Å²) in [5, 5.41) is 4.64. The Labute approximate surface area is 119 Å². The Balaban J connectivity index is 0. The second-order valence-electron chi connectivity index (χ2n) is 2.94. The number of sulfonamides is 1. The van der Waals surface area contributed by atoms with E-state index in [1.165, 1.54) is 0 Å². The van der Waals surface area contributed by atoms with E-state index >= 15 is 0 Å². The molecule has 0 radical (unpaired) electrons. The van der Waals surface area contributed by atoms with Gasteiger partial charge in [-0.2, -0.15) is 13.2 Å². The topological polar surface area (TPSA) is 94.3 Å². The normalized spacial score (nSPS) is 12.2. The van der Waals surface area contributed by atoms with Gasteiger partial charge in [-0.3, -0.25) is 0 Å². The largest absolute Gasteiger partial charge is 0.501 e. The molecule has 0 saturated heterocycles. The van der Waals surface area contributed by atoms with Gasteiger partial charge in [-0.15, -0.1) is 24.8 Å². The SMILES string of the molecule is Cl.Cl.NS(=O)(=O)c1ccccc1S(=O)(=O)C(F)(F)F. The smallest absolute Gasteiger partial charge is 0.225 e. The molecule has 0 fully saturated rings. The highest BCUT2D eigenvalue weighted by Crippen LogP contribution is 2.33. The summed E-state index contributed by atoms with van der Waals surface area (Å²) >= 11 is 0. The molecule has 0 aliphatic rings. The molecule has 0 aliphatic carbocycles. The van der Waals surface area contributed by atoms with Gasteiger partial charge in [0, 0.05) is 0 Å². The van der Waals surface area contributed by atoms with Crippen LogP contribution in [0, 0.1) is 0 Å². The summed E-state index contributed by atoms with van der Waals surface area (Å²) in [5.74, 6) is 0. The van der Waals surface area contributed by atoms with Crippen molar-refractivity contribution in [2.75, 3.05) is 0 Å². The van der Waals surface area contributed by atoms with E-state index in [2.05, 4.69) is 5.14 Å². The van der Waals surface area contributed by atoms with Crippen LogP contribution < -0.4 is 5.14 Å². The van der Waals surface area contributed by atoms with Gasteiger partial charge in [0.2, 0.25) is 10.0 Å². The van der Waals surface area contributed by atoms with E-state index in [4.69, 9.17) is 0 Å². The number of hydrogen-bond donors (Lipinski definition) is 1. The van der Waals surface area contributed by atoms with Crippen molar-refractivity contribution in [1.29, 1.82) is 0 Å². The number of halogens is 5. The van der Waals surface area contributed by atoms with Crippen molar-refractivity contribution in [3.8, 4) is 0 Å². The maximum absolute atomic E-state index is 12.3. The first-order valence-corrected chi connectivity index (χ1v) is 6.94. The number of hydrogen-bond acceptors (Lipinski definition) is 4. The van der Waals surface area contributed by atoms with Gasteiger partial charge >= 0.3 is 5.51 Å². The fraction of sp³-hybridized carbons (Fsp3) is 0.143. The number of nitrogens with two attached hydrogens (primary N) is 1. The zero-order chi connectivity index (χ0) is 13.5. The Kier molecular flexibility index (Phi) is 6.85. The molecule has 12 heteroatoms. The third-order valence-corrected chi connectivity index (χ3v) is 4.39. The molecule has 0 spiro atoms. The molecular weight excluding hydrogens is 354 g/mol. The van der Waals surface area contributed by atoms with Gasteiger partial charge in [0.1, 0.15) is 4.90 Å². The average Bonchev–Trinajstić information content (AvgIpc) is 2.14. The predicted octanol–water partition coefficient (Wildman–Crippen LogP) is 1.47. The summed E-state index contributed by atoms with van der Waals surface area (Å²) in [6, 6.07) is 3.25.